The second-order valence-electron chi connectivity index (χ2n) is 3.92. The molecule has 5 heteroatoms. The molecular formula is C12H20ClN3O. The Balaban J connectivity index is 2.49. The fourth-order valence-corrected chi connectivity index (χ4v) is 2.13. The van der Waals surface area contributed by atoms with E-state index in [0.29, 0.717) is 24.2 Å². The first-order valence-corrected chi connectivity index (χ1v) is 6.38. The maximum Gasteiger partial charge on any atom is 0.233 e. The molecule has 0 aromatic carbocycles. The number of ether oxygens (including phenoxy) is 1. The first-order valence-electron chi connectivity index (χ1n) is 5.95. The van der Waals surface area contributed by atoms with Crippen LogP contribution >= 0.6 is 11.6 Å². The lowest BCUT2D eigenvalue weighted by Gasteiger charge is -2.19. The Kier molecular flexibility index (Phi) is 6.05. The van der Waals surface area contributed by atoms with Crippen molar-refractivity contribution in [2.45, 2.75) is 32.1 Å². The lowest BCUT2D eigenvalue weighted by atomic mass is 9.99. The maximum atomic E-state index is 6.33. The van der Waals surface area contributed by atoms with Crippen molar-refractivity contribution >= 4 is 17.4 Å². The van der Waals surface area contributed by atoms with Crippen molar-refractivity contribution in [3.8, 4) is 5.88 Å². The summed E-state index contributed by atoms with van der Waals surface area (Å²) in [6.45, 7) is 5.01. The number of nitrogens with one attached hydrogen (secondary N) is 1. The van der Waals surface area contributed by atoms with E-state index in [1.54, 1.807) is 19.5 Å². The molecule has 0 saturated heterocycles. The van der Waals surface area contributed by atoms with E-state index in [0.717, 1.165) is 12.8 Å². The van der Waals surface area contributed by atoms with Crippen LogP contribution in [0, 0.1) is 5.92 Å². The van der Waals surface area contributed by atoms with Gasteiger partial charge in [-0.25, -0.2) is 0 Å². The van der Waals surface area contributed by atoms with Gasteiger partial charge in [-0.1, -0.05) is 26.7 Å². The molecule has 0 aliphatic heterocycles. The Labute approximate surface area is 108 Å². The summed E-state index contributed by atoms with van der Waals surface area (Å²) in [5, 5.41) is 3.29. The molecule has 1 aromatic rings. The van der Waals surface area contributed by atoms with Gasteiger partial charge >= 0.3 is 0 Å². The van der Waals surface area contributed by atoms with E-state index in [4.69, 9.17) is 16.3 Å². The summed E-state index contributed by atoms with van der Waals surface area (Å²) in [5.74, 6) is 1.73. The van der Waals surface area contributed by atoms with E-state index in [9.17, 15) is 0 Å². The second kappa shape index (κ2) is 7.33. The van der Waals surface area contributed by atoms with Gasteiger partial charge in [0.15, 0.2) is 0 Å². The normalized spacial score (nSPS) is 12.5. The predicted octanol–water partition coefficient (Wildman–Crippen LogP) is 2.94. The van der Waals surface area contributed by atoms with E-state index >= 15 is 0 Å². The minimum Gasteiger partial charge on any atom is -0.480 e. The number of rotatable bonds is 7. The van der Waals surface area contributed by atoms with Crippen LogP contribution in [-0.4, -0.2) is 29.0 Å². The lowest BCUT2D eigenvalue weighted by molar-refractivity contribution is 0.396. The first kappa shape index (κ1) is 14.0. The number of hydrogen-bond acceptors (Lipinski definition) is 4. The van der Waals surface area contributed by atoms with Gasteiger partial charge in [-0.2, -0.15) is 4.98 Å². The summed E-state index contributed by atoms with van der Waals surface area (Å²) in [6.07, 6.45) is 5.43. The third-order valence-electron chi connectivity index (χ3n) is 2.86. The molecule has 0 aliphatic rings. The van der Waals surface area contributed by atoms with Crippen LogP contribution in [0.5, 0.6) is 5.88 Å². The number of nitrogens with zero attached hydrogens (tertiary/aromatic N) is 2. The van der Waals surface area contributed by atoms with Crippen LogP contribution in [-0.2, 0) is 0 Å². The van der Waals surface area contributed by atoms with Crippen molar-refractivity contribution in [1.82, 2.24) is 9.97 Å². The quantitative estimate of drug-likeness (QED) is 0.763. The molecule has 0 spiro atoms. The Morgan fingerprint density at radius 2 is 2.06 bits per heavy atom. The number of methoxy groups -OCH3 is 1. The zero-order valence-corrected chi connectivity index (χ0v) is 11.4. The van der Waals surface area contributed by atoms with Crippen molar-refractivity contribution in [1.29, 1.82) is 0 Å². The van der Waals surface area contributed by atoms with Crippen molar-refractivity contribution in [2.75, 3.05) is 19.0 Å². The Morgan fingerprint density at radius 3 is 2.65 bits per heavy atom. The number of aromatic nitrogens is 2. The fraction of sp³-hybridized carbons (Fsp3) is 0.667. The van der Waals surface area contributed by atoms with Crippen LogP contribution in [0.4, 0.5) is 5.82 Å². The zero-order valence-electron chi connectivity index (χ0n) is 10.6. The Bertz CT molecular complexity index is 331. The highest BCUT2D eigenvalue weighted by atomic mass is 35.5. The van der Waals surface area contributed by atoms with Crippen molar-refractivity contribution < 1.29 is 4.74 Å². The average molecular weight is 258 g/mol. The summed E-state index contributed by atoms with van der Waals surface area (Å²) in [4.78, 5) is 8.25. The van der Waals surface area contributed by atoms with E-state index in [1.807, 2.05) is 0 Å². The van der Waals surface area contributed by atoms with Gasteiger partial charge in [0.2, 0.25) is 5.88 Å². The Hall–Kier alpha value is -1.03. The van der Waals surface area contributed by atoms with Gasteiger partial charge < -0.3 is 10.1 Å². The molecule has 0 radical (unpaired) electrons. The highest BCUT2D eigenvalue weighted by molar-refractivity contribution is 6.21. The van der Waals surface area contributed by atoms with E-state index < -0.39 is 0 Å². The van der Waals surface area contributed by atoms with Gasteiger partial charge in [-0.05, 0) is 5.92 Å². The van der Waals surface area contributed by atoms with Gasteiger partial charge in [0, 0.05) is 6.54 Å². The molecule has 4 nitrogen and oxygen atoms in total. The predicted molar refractivity (Wildman–Crippen MR) is 70.8 cm³/mol. The van der Waals surface area contributed by atoms with Crippen molar-refractivity contribution in [2.24, 2.45) is 5.92 Å². The molecule has 1 aromatic heterocycles. The minimum absolute atomic E-state index is 0.109. The number of alkyl halides is 1. The smallest absolute Gasteiger partial charge is 0.233 e. The molecule has 0 saturated carbocycles. The summed E-state index contributed by atoms with van der Waals surface area (Å²) in [7, 11) is 1.57. The third kappa shape index (κ3) is 4.38. The van der Waals surface area contributed by atoms with E-state index in [1.165, 1.54) is 0 Å². The summed E-state index contributed by atoms with van der Waals surface area (Å²) in [5.41, 5.74) is 0. The van der Waals surface area contributed by atoms with Gasteiger partial charge in [-0.3, -0.25) is 4.98 Å². The summed E-state index contributed by atoms with van der Waals surface area (Å²) >= 11 is 6.33. The molecule has 0 aliphatic carbocycles. The van der Waals surface area contributed by atoms with Crippen LogP contribution in [0.15, 0.2) is 12.4 Å². The maximum absolute atomic E-state index is 6.33. The lowest BCUT2D eigenvalue weighted by Crippen LogP contribution is -2.23. The standard InChI is InChI=1S/C12H20ClN3O/c1-4-9(5-2)10(13)6-15-11-7-14-8-12(16-11)17-3/h7-10H,4-6H2,1-3H3,(H,15,16). The van der Waals surface area contributed by atoms with Crippen LogP contribution in [0.1, 0.15) is 26.7 Å². The monoisotopic (exact) mass is 257 g/mol. The van der Waals surface area contributed by atoms with Gasteiger partial charge in [-0.15, -0.1) is 11.6 Å². The fourth-order valence-electron chi connectivity index (χ4n) is 1.70. The largest absolute Gasteiger partial charge is 0.480 e. The van der Waals surface area contributed by atoms with Crippen LogP contribution in [0.25, 0.3) is 0 Å². The van der Waals surface area contributed by atoms with Crippen molar-refractivity contribution in [3.63, 3.8) is 0 Å². The molecule has 0 amide bonds. The number of anilines is 1. The van der Waals surface area contributed by atoms with Gasteiger partial charge in [0.1, 0.15) is 5.82 Å². The molecule has 17 heavy (non-hydrogen) atoms. The molecule has 96 valence electrons. The highest BCUT2D eigenvalue weighted by Crippen LogP contribution is 2.19. The third-order valence-corrected chi connectivity index (χ3v) is 3.37. The molecule has 1 heterocycles. The molecule has 1 N–H and O–H groups in total. The average Bonchev–Trinajstić information content (AvgIpc) is 2.38. The van der Waals surface area contributed by atoms with Gasteiger partial charge in [0.05, 0.1) is 24.9 Å². The van der Waals surface area contributed by atoms with Gasteiger partial charge in [0.25, 0.3) is 0 Å². The van der Waals surface area contributed by atoms with Crippen LogP contribution in [0.3, 0.4) is 0 Å². The Morgan fingerprint density at radius 1 is 1.35 bits per heavy atom. The topological polar surface area (TPSA) is 47.0 Å². The molecular weight excluding hydrogens is 238 g/mol. The second-order valence-corrected chi connectivity index (χ2v) is 4.48. The molecule has 0 bridgehead atoms. The molecule has 1 rings (SSSR count). The minimum atomic E-state index is 0.109. The van der Waals surface area contributed by atoms with Crippen LogP contribution in [0.2, 0.25) is 0 Å². The molecule has 0 fully saturated rings. The van der Waals surface area contributed by atoms with E-state index in [2.05, 4.69) is 29.1 Å². The number of hydrogen-bond donors (Lipinski definition) is 1. The SMILES string of the molecule is CCC(CC)C(Cl)CNc1cncc(OC)n1. The van der Waals surface area contributed by atoms with E-state index in [-0.39, 0.29) is 5.38 Å². The summed E-state index contributed by atoms with van der Waals surface area (Å²) in [6, 6.07) is 0. The zero-order chi connectivity index (χ0) is 12.7. The van der Waals surface area contributed by atoms with Crippen LogP contribution < -0.4 is 10.1 Å². The number of halogens is 1. The summed E-state index contributed by atoms with van der Waals surface area (Å²) < 4.78 is 5.00. The molecule has 1 atom stereocenters. The van der Waals surface area contributed by atoms with Crippen molar-refractivity contribution in [3.05, 3.63) is 12.4 Å². The molecule has 1 unspecified atom stereocenters. The first-order chi connectivity index (χ1) is 8.21. The highest BCUT2D eigenvalue weighted by Gasteiger charge is 2.15.